The van der Waals surface area contributed by atoms with Crippen molar-refractivity contribution in [3.63, 3.8) is 0 Å². The summed E-state index contributed by atoms with van der Waals surface area (Å²) in [4.78, 5) is 44.8. The van der Waals surface area contributed by atoms with E-state index >= 15 is 0 Å². The Bertz CT molecular complexity index is 984. The molecule has 1 aromatic carbocycles. The maximum absolute atomic E-state index is 13.2. The van der Waals surface area contributed by atoms with Crippen LogP contribution in [0.25, 0.3) is 0 Å². The highest BCUT2D eigenvalue weighted by molar-refractivity contribution is 5.94. The van der Waals surface area contributed by atoms with Gasteiger partial charge in [-0.15, -0.1) is 0 Å². The van der Waals surface area contributed by atoms with Gasteiger partial charge in [0.05, 0.1) is 11.0 Å². The quantitative estimate of drug-likeness (QED) is 0.474. The zero-order valence-corrected chi connectivity index (χ0v) is 19.3. The van der Waals surface area contributed by atoms with E-state index in [0.29, 0.717) is 50.6 Å². The van der Waals surface area contributed by atoms with Crippen LogP contribution in [0.15, 0.2) is 48.7 Å². The molecule has 0 unspecified atom stereocenters. The van der Waals surface area contributed by atoms with Crippen molar-refractivity contribution in [3.05, 3.63) is 70.0 Å². The van der Waals surface area contributed by atoms with Crippen molar-refractivity contribution in [1.82, 2.24) is 20.1 Å². The Kier molecular flexibility index (Phi) is 7.84. The van der Waals surface area contributed by atoms with E-state index in [9.17, 15) is 19.7 Å². The topological polar surface area (TPSA) is 109 Å². The molecule has 1 saturated heterocycles. The van der Waals surface area contributed by atoms with E-state index in [1.54, 1.807) is 11.1 Å². The van der Waals surface area contributed by atoms with E-state index in [2.05, 4.69) is 15.2 Å². The third kappa shape index (κ3) is 5.77. The van der Waals surface area contributed by atoms with E-state index in [4.69, 9.17) is 0 Å². The molecule has 1 N–H and O–H groups in total. The van der Waals surface area contributed by atoms with Crippen LogP contribution in [-0.2, 0) is 11.2 Å². The summed E-state index contributed by atoms with van der Waals surface area (Å²) >= 11 is 0. The molecule has 34 heavy (non-hydrogen) atoms. The normalized spacial score (nSPS) is 17.9. The van der Waals surface area contributed by atoms with Crippen LogP contribution in [0, 0.1) is 16.0 Å². The molecule has 2 amide bonds. The summed E-state index contributed by atoms with van der Waals surface area (Å²) in [6, 6.07) is 11.3. The van der Waals surface area contributed by atoms with E-state index < -0.39 is 4.92 Å². The predicted molar refractivity (Wildman–Crippen MR) is 127 cm³/mol. The Hall–Kier alpha value is -3.33. The Morgan fingerprint density at radius 3 is 2.38 bits per heavy atom. The van der Waals surface area contributed by atoms with Gasteiger partial charge in [0.15, 0.2) is 0 Å². The highest BCUT2D eigenvalue weighted by Crippen LogP contribution is 2.31. The zero-order chi connectivity index (χ0) is 23.9. The molecule has 2 heterocycles. The molecule has 0 bridgehead atoms. The van der Waals surface area contributed by atoms with Crippen molar-refractivity contribution in [2.75, 3.05) is 32.7 Å². The maximum atomic E-state index is 13.2. The first-order valence-electron chi connectivity index (χ1n) is 12.0. The number of rotatable bonds is 8. The number of nitro benzene ring substituents is 1. The molecular formula is C25H31N5O4. The number of nitrogens with one attached hydrogen (secondary N) is 1. The number of amides is 2. The number of piperazine rings is 1. The molecule has 1 saturated carbocycles. The van der Waals surface area contributed by atoms with Crippen LogP contribution in [0.5, 0.6) is 0 Å². The lowest BCUT2D eigenvalue weighted by Crippen LogP contribution is -2.58. The molecule has 4 rings (SSSR count). The number of hydrogen-bond donors (Lipinski definition) is 1. The van der Waals surface area contributed by atoms with Crippen LogP contribution in [0.4, 0.5) is 5.69 Å². The fraction of sp³-hybridized carbons (Fsp3) is 0.480. The van der Waals surface area contributed by atoms with E-state index in [0.717, 1.165) is 31.4 Å². The van der Waals surface area contributed by atoms with Crippen LogP contribution >= 0.6 is 0 Å². The van der Waals surface area contributed by atoms with Crippen molar-refractivity contribution in [1.29, 1.82) is 0 Å². The summed E-state index contributed by atoms with van der Waals surface area (Å²) < 4.78 is 0. The standard InChI is InChI=1S/C25H31N5O4/c31-24(27-14-12-21-7-3-4-13-26-21)23(19-5-1-2-6-19)28-15-17-29(18-16-28)25(32)20-8-10-22(11-9-20)30(33)34/h3-4,7-11,13,19,23H,1-2,5-6,12,14-18H2,(H,27,31)/t23-/m0/s1. The molecule has 0 spiro atoms. The number of aromatic nitrogens is 1. The van der Waals surface area contributed by atoms with Crippen LogP contribution in [0.1, 0.15) is 41.7 Å². The molecular weight excluding hydrogens is 434 g/mol. The van der Waals surface area contributed by atoms with Crippen molar-refractivity contribution in [3.8, 4) is 0 Å². The molecule has 0 radical (unpaired) electrons. The molecule has 9 nitrogen and oxygen atoms in total. The van der Waals surface area contributed by atoms with Gasteiger partial charge in [0.25, 0.3) is 11.6 Å². The monoisotopic (exact) mass is 465 g/mol. The number of hydrogen-bond acceptors (Lipinski definition) is 6. The number of carbonyl (C=O) groups excluding carboxylic acids is 2. The summed E-state index contributed by atoms with van der Waals surface area (Å²) in [5.74, 6) is 0.275. The number of nitro groups is 1. The van der Waals surface area contributed by atoms with Gasteiger partial charge in [0.1, 0.15) is 0 Å². The number of benzene rings is 1. The van der Waals surface area contributed by atoms with Crippen molar-refractivity contribution >= 4 is 17.5 Å². The third-order valence-electron chi connectivity index (χ3n) is 6.84. The molecule has 1 aromatic heterocycles. The minimum absolute atomic E-state index is 0.0326. The van der Waals surface area contributed by atoms with Gasteiger partial charge >= 0.3 is 0 Å². The first kappa shape index (κ1) is 23.8. The minimum Gasteiger partial charge on any atom is -0.354 e. The van der Waals surface area contributed by atoms with Crippen molar-refractivity contribution in [2.45, 2.75) is 38.1 Å². The molecule has 180 valence electrons. The Morgan fingerprint density at radius 2 is 1.76 bits per heavy atom. The smallest absolute Gasteiger partial charge is 0.269 e. The van der Waals surface area contributed by atoms with E-state index in [1.165, 1.54) is 24.3 Å². The molecule has 2 aliphatic rings. The highest BCUT2D eigenvalue weighted by atomic mass is 16.6. The average molecular weight is 466 g/mol. The molecule has 9 heteroatoms. The lowest BCUT2D eigenvalue weighted by molar-refractivity contribution is -0.384. The third-order valence-corrected chi connectivity index (χ3v) is 6.84. The van der Waals surface area contributed by atoms with E-state index in [-0.39, 0.29) is 23.5 Å². The lowest BCUT2D eigenvalue weighted by atomic mass is 9.95. The summed E-state index contributed by atoms with van der Waals surface area (Å²) in [6.45, 7) is 2.87. The van der Waals surface area contributed by atoms with Gasteiger partial charge in [-0.1, -0.05) is 18.9 Å². The second kappa shape index (κ2) is 11.2. The van der Waals surface area contributed by atoms with Crippen molar-refractivity contribution in [2.24, 2.45) is 5.92 Å². The average Bonchev–Trinajstić information content (AvgIpc) is 3.39. The fourth-order valence-electron chi connectivity index (χ4n) is 5.03. The summed E-state index contributed by atoms with van der Waals surface area (Å²) in [5, 5.41) is 14.0. The van der Waals surface area contributed by atoms with E-state index in [1.807, 2.05) is 18.2 Å². The van der Waals surface area contributed by atoms with Crippen LogP contribution in [0.2, 0.25) is 0 Å². The Balaban J connectivity index is 1.34. The minimum atomic E-state index is -0.475. The van der Waals surface area contributed by atoms with Gasteiger partial charge in [-0.2, -0.15) is 0 Å². The SMILES string of the molecule is O=C(NCCc1ccccn1)[C@H](C1CCCC1)N1CCN(C(=O)c2ccc([N+](=O)[O-])cc2)CC1. The first-order chi connectivity index (χ1) is 16.5. The van der Waals surface area contributed by atoms with Gasteiger partial charge in [-0.05, 0) is 43.0 Å². The van der Waals surface area contributed by atoms with Crippen LogP contribution in [0.3, 0.4) is 0 Å². The number of nitrogens with zero attached hydrogens (tertiary/aromatic N) is 4. The van der Waals surface area contributed by atoms with Gasteiger partial charge in [-0.25, -0.2) is 0 Å². The zero-order valence-electron chi connectivity index (χ0n) is 19.3. The summed E-state index contributed by atoms with van der Waals surface area (Å²) in [6.07, 6.45) is 6.87. The van der Waals surface area contributed by atoms with Gasteiger partial charge in [0, 0.05) is 68.7 Å². The van der Waals surface area contributed by atoms with Crippen molar-refractivity contribution < 1.29 is 14.5 Å². The molecule has 2 fully saturated rings. The highest BCUT2D eigenvalue weighted by Gasteiger charge is 2.37. The second-order valence-electron chi connectivity index (χ2n) is 8.98. The lowest BCUT2D eigenvalue weighted by Gasteiger charge is -2.40. The number of non-ortho nitro benzene ring substituents is 1. The van der Waals surface area contributed by atoms with Gasteiger partial charge < -0.3 is 10.2 Å². The summed E-state index contributed by atoms with van der Waals surface area (Å²) in [7, 11) is 0. The van der Waals surface area contributed by atoms with Gasteiger partial charge in [-0.3, -0.25) is 29.6 Å². The Labute approximate surface area is 199 Å². The summed E-state index contributed by atoms with van der Waals surface area (Å²) in [5.41, 5.74) is 1.37. The largest absolute Gasteiger partial charge is 0.354 e. The number of pyridine rings is 1. The Morgan fingerprint density at radius 1 is 1.06 bits per heavy atom. The molecule has 1 aliphatic carbocycles. The molecule has 1 atom stereocenters. The predicted octanol–water partition coefficient (Wildman–Crippen LogP) is 2.67. The van der Waals surface area contributed by atoms with Crippen LogP contribution in [-0.4, -0.2) is 70.3 Å². The maximum Gasteiger partial charge on any atom is 0.269 e. The van der Waals surface area contributed by atoms with Crippen LogP contribution < -0.4 is 5.32 Å². The van der Waals surface area contributed by atoms with Gasteiger partial charge in [0.2, 0.25) is 5.91 Å². The molecule has 2 aromatic rings. The first-order valence-corrected chi connectivity index (χ1v) is 12.0. The molecule has 1 aliphatic heterocycles. The number of carbonyl (C=O) groups is 2. The fourth-order valence-corrected chi connectivity index (χ4v) is 5.03. The second-order valence-corrected chi connectivity index (χ2v) is 8.98.